The van der Waals surface area contributed by atoms with Crippen molar-refractivity contribution in [1.82, 2.24) is 4.90 Å². The van der Waals surface area contributed by atoms with E-state index in [1.165, 1.54) is 38.1 Å². The topological polar surface area (TPSA) is 108 Å². The van der Waals surface area contributed by atoms with Crippen LogP contribution in [-0.4, -0.2) is 52.4 Å². The molecule has 0 bridgehead atoms. The van der Waals surface area contributed by atoms with Gasteiger partial charge in [-0.2, -0.15) is 0 Å². The highest BCUT2D eigenvalue weighted by Gasteiger charge is 2.27. The van der Waals surface area contributed by atoms with Crippen molar-refractivity contribution in [3.63, 3.8) is 0 Å². The molecular formula is C25H37FN4O4S. The number of anilines is 3. The molecule has 2 aromatic carbocycles. The lowest BCUT2D eigenvalue weighted by atomic mass is 9.94. The summed E-state index contributed by atoms with van der Waals surface area (Å²) in [6.45, 7) is 8.18. The molecule has 0 spiro atoms. The predicted molar refractivity (Wildman–Crippen MR) is 140 cm³/mol. The average Bonchev–Trinajstić information content (AvgIpc) is 2.85. The summed E-state index contributed by atoms with van der Waals surface area (Å²) >= 11 is 0. The molecule has 0 fully saturated rings. The quantitative estimate of drug-likeness (QED) is 0.359. The van der Waals surface area contributed by atoms with Crippen molar-refractivity contribution in [2.75, 3.05) is 42.2 Å². The fourth-order valence-electron chi connectivity index (χ4n) is 2.79. The van der Waals surface area contributed by atoms with Gasteiger partial charge in [-0.3, -0.25) is 14.3 Å². The Labute approximate surface area is 208 Å². The van der Waals surface area contributed by atoms with E-state index in [1.807, 2.05) is 0 Å². The summed E-state index contributed by atoms with van der Waals surface area (Å²) < 4.78 is 40.1. The lowest BCUT2D eigenvalue weighted by molar-refractivity contribution is -0.124. The van der Waals surface area contributed by atoms with Gasteiger partial charge in [0.15, 0.2) is 0 Å². The van der Waals surface area contributed by atoms with Crippen LogP contribution in [0.4, 0.5) is 21.5 Å². The van der Waals surface area contributed by atoms with Gasteiger partial charge in [-0.05, 0) is 75.2 Å². The number of nitrogens with one attached hydrogen (secondary N) is 3. The van der Waals surface area contributed by atoms with E-state index in [0.29, 0.717) is 11.4 Å². The highest BCUT2D eigenvalue weighted by Crippen LogP contribution is 2.22. The van der Waals surface area contributed by atoms with Crippen LogP contribution in [0.3, 0.4) is 0 Å². The Balaban J connectivity index is 0.000000579. The molecule has 2 amide bonds. The zero-order valence-corrected chi connectivity index (χ0v) is 21.9. The standard InChI is InChI=1S/C18H22FN3O3S.C7H15NO/c1-18(2,12-19)17(23)21-14-4-6-15(7-5-14)22-26(24,25)16-10-8-13(20-3)9-11-16;1-3-5-8(7-9)6-4-2/h4-11,20,22H,12H2,1-3H3,(H,21,23);7H,3-6H2,1-2H3. The van der Waals surface area contributed by atoms with Gasteiger partial charge >= 0.3 is 0 Å². The van der Waals surface area contributed by atoms with Crippen LogP contribution in [0.15, 0.2) is 53.4 Å². The highest BCUT2D eigenvalue weighted by molar-refractivity contribution is 7.92. The lowest BCUT2D eigenvalue weighted by Crippen LogP contribution is -2.32. The van der Waals surface area contributed by atoms with Gasteiger partial charge in [0.1, 0.15) is 6.67 Å². The van der Waals surface area contributed by atoms with E-state index in [4.69, 9.17) is 0 Å². The predicted octanol–water partition coefficient (Wildman–Crippen LogP) is 4.73. The summed E-state index contributed by atoms with van der Waals surface area (Å²) in [4.78, 5) is 24.1. The summed E-state index contributed by atoms with van der Waals surface area (Å²) in [6.07, 6.45) is 3.03. The molecular weight excluding hydrogens is 471 g/mol. The summed E-state index contributed by atoms with van der Waals surface area (Å²) in [6, 6.07) is 12.5. The normalized spacial score (nSPS) is 11.0. The SMILES string of the molecule is CCCN(C=O)CCC.CNc1ccc(S(=O)(=O)Nc2ccc(NC(=O)C(C)(C)CF)cc2)cc1. The molecule has 3 N–H and O–H groups in total. The van der Waals surface area contributed by atoms with Gasteiger partial charge in [-0.25, -0.2) is 12.8 Å². The maximum atomic E-state index is 12.8. The van der Waals surface area contributed by atoms with Crippen LogP contribution >= 0.6 is 0 Å². The second kappa shape index (κ2) is 14.3. The highest BCUT2D eigenvalue weighted by atomic mass is 32.2. The fourth-order valence-corrected chi connectivity index (χ4v) is 3.85. The van der Waals surface area contributed by atoms with Crippen LogP contribution in [-0.2, 0) is 19.6 Å². The second-order valence-corrected chi connectivity index (χ2v) is 10.3. The minimum absolute atomic E-state index is 0.138. The number of sulfonamides is 1. The van der Waals surface area contributed by atoms with E-state index >= 15 is 0 Å². The number of amides is 2. The Morgan fingerprint density at radius 3 is 1.86 bits per heavy atom. The number of alkyl halides is 1. The first-order valence-electron chi connectivity index (χ1n) is 11.5. The minimum atomic E-state index is -3.72. The molecule has 0 heterocycles. The number of carbonyl (C=O) groups excluding carboxylic acids is 2. The molecule has 8 nitrogen and oxygen atoms in total. The third kappa shape index (κ3) is 9.94. The lowest BCUT2D eigenvalue weighted by Gasteiger charge is -2.19. The molecule has 0 atom stereocenters. The van der Waals surface area contributed by atoms with E-state index < -0.39 is 28.0 Å². The summed E-state index contributed by atoms with van der Waals surface area (Å²) in [7, 11) is -1.97. The molecule has 0 aliphatic rings. The molecule has 0 radical (unpaired) electrons. The van der Waals surface area contributed by atoms with Crippen LogP contribution in [0.1, 0.15) is 40.5 Å². The maximum absolute atomic E-state index is 12.8. The van der Waals surface area contributed by atoms with Crippen LogP contribution in [0.25, 0.3) is 0 Å². The van der Waals surface area contributed by atoms with Crippen molar-refractivity contribution in [3.8, 4) is 0 Å². The molecule has 0 unspecified atom stereocenters. The van der Waals surface area contributed by atoms with Crippen LogP contribution < -0.4 is 15.4 Å². The molecule has 35 heavy (non-hydrogen) atoms. The molecule has 0 aromatic heterocycles. The van der Waals surface area contributed by atoms with Crippen molar-refractivity contribution < 1.29 is 22.4 Å². The Morgan fingerprint density at radius 1 is 0.943 bits per heavy atom. The first-order valence-corrected chi connectivity index (χ1v) is 13.0. The van der Waals surface area contributed by atoms with Crippen LogP contribution in [0.2, 0.25) is 0 Å². The molecule has 0 aliphatic heterocycles. The van der Waals surface area contributed by atoms with Gasteiger partial charge < -0.3 is 15.5 Å². The molecule has 0 aliphatic carbocycles. The van der Waals surface area contributed by atoms with Gasteiger partial charge in [-0.1, -0.05) is 13.8 Å². The second-order valence-electron chi connectivity index (χ2n) is 8.57. The van der Waals surface area contributed by atoms with Crippen molar-refractivity contribution in [2.45, 2.75) is 45.4 Å². The number of nitrogens with zero attached hydrogens (tertiary/aromatic N) is 1. The van der Waals surface area contributed by atoms with Crippen molar-refractivity contribution >= 4 is 39.4 Å². The van der Waals surface area contributed by atoms with Crippen molar-refractivity contribution in [1.29, 1.82) is 0 Å². The third-order valence-corrected chi connectivity index (χ3v) is 6.36. The Bertz CT molecular complexity index is 1020. The average molecular weight is 509 g/mol. The van der Waals surface area contributed by atoms with E-state index in [0.717, 1.165) is 38.0 Å². The molecule has 0 saturated heterocycles. The van der Waals surface area contributed by atoms with Gasteiger partial charge in [0.2, 0.25) is 12.3 Å². The third-order valence-electron chi connectivity index (χ3n) is 4.97. The van der Waals surface area contributed by atoms with Crippen molar-refractivity contribution in [3.05, 3.63) is 48.5 Å². The number of rotatable bonds is 12. The molecule has 2 aromatic rings. The maximum Gasteiger partial charge on any atom is 0.261 e. The zero-order valence-electron chi connectivity index (χ0n) is 21.1. The minimum Gasteiger partial charge on any atom is -0.388 e. The largest absolute Gasteiger partial charge is 0.388 e. The molecule has 2 rings (SSSR count). The van der Waals surface area contributed by atoms with Crippen LogP contribution in [0, 0.1) is 5.41 Å². The fraction of sp³-hybridized carbons (Fsp3) is 0.440. The van der Waals surface area contributed by atoms with E-state index in [2.05, 4.69) is 29.2 Å². The van der Waals surface area contributed by atoms with Gasteiger partial charge in [0.25, 0.3) is 10.0 Å². The summed E-state index contributed by atoms with van der Waals surface area (Å²) in [5.41, 5.74) is 0.489. The Hall–Kier alpha value is -3.14. The summed E-state index contributed by atoms with van der Waals surface area (Å²) in [5, 5.41) is 5.52. The molecule has 0 saturated carbocycles. The smallest absolute Gasteiger partial charge is 0.261 e. The van der Waals surface area contributed by atoms with Gasteiger partial charge in [0.05, 0.1) is 10.3 Å². The van der Waals surface area contributed by atoms with Gasteiger partial charge in [0, 0.05) is 37.2 Å². The van der Waals surface area contributed by atoms with Crippen LogP contribution in [0.5, 0.6) is 0 Å². The Morgan fingerprint density at radius 2 is 1.43 bits per heavy atom. The number of hydrogen-bond donors (Lipinski definition) is 3. The van der Waals surface area contributed by atoms with Gasteiger partial charge in [-0.15, -0.1) is 0 Å². The van der Waals surface area contributed by atoms with Crippen molar-refractivity contribution in [2.24, 2.45) is 5.41 Å². The molecule has 194 valence electrons. The zero-order chi connectivity index (χ0) is 26.5. The number of halogens is 1. The monoisotopic (exact) mass is 508 g/mol. The Kier molecular flexibility index (Phi) is 12.2. The number of benzene rings is 2. The number of hydrogen-bond acceptors (Lipinski definition) is 5. The van der Waals surface area contributed by atoms with E-state index in [-0.39, 0.29) is 4.90 Å². The van der Waals surface area contributed by atoms with E-state index in [9.17, 15) is 22.4 Å². The first kappa shape index (κ1) is 29.9. The first-order chi connectivity index (χ1) is 16.5. The molecule has 10 heteroatoms. The number of carbonyl (C=O) groups is 2. The van der Waals surface area contributed by atoms with E-state index in [1.54, 1.807) is 36.2 Å². The summed E-state index contributed by atoms with van der Waals surface area (Å²) in [5.74, 6) is -0.446.